The van der Waals surface area contributed by atoms with Crippen LogP contribution >= 0.6 is 0 Å². The van der Waals surface area contributed by atoms with E-state index >= 15 is 0 Å². The minimum absolute atomic E-state index is 0.0852. The molecule has 0 aliphatic rings. The predicted octanol–water partition coefficient (Wildman–Crippen LogP) is 4.30. The van der Waals surface area contributed by atoms with Gasteiger partial charge in [-0.05, 0) is 30.2 Å². The Morgan fingerprint density at radius 3 is 2.43 bits per heavy atom. The highest BCUT2D eigenvalue weighted by Crippen LogP contribution is 2.19. The van der Waals surface area contributed by atoms with Crippen LogP contribution in [0.3, 0.4) is 0 Å². The van der Waals surface area contributed by atoms with E-state index < -0.39 is 11.6 Å². The molecular weight excluding hydrogens is 274 g/mol. The molecule has 0 saturated heterocycles. The smallest absolute Gasteiger partial charge is 0.188 e. The van der Waals surface area contributed by atoms with Gasteiger partial charge in [0.25, 0.3) is 0 Å². The molecular formula is C17H14F2O2. The number of allylic oxidation sites excluding steroid dienone is 1. The Morgan fingerprint density at radius 2 is 1.81 bits per heavy atom. The Bertz CT molecular complexity index is 676. The molecule has 0 spiro atoms. The maximum absolute atomic E-state index is 13.4. The number of rotatable bonds is 5. The molecule has 0 heterocycles. The maximum Gasteiger partial charge on any atom is 0.188 e. The van der Waals surface area contributed by atoms with Gasteiger partial charge in [0.1, 0.15) is 12.4 Å². The zero-order valence-electron chi connectivity index (χ0n) is 11.5. The van der Waals surface area contributed by atoms with Gasteiger partial charge < -0.3 is 4.74 Å². The number of benzene rings is 2. The summed E-state index contributed by atoms with van der Waals surface area (Å²) in [5.74, 6) is -1.45. The zero-order valence-corrected chi connectivity index (χ0v) is 11.5. The lowest BCUT2D eigenvalue weighted by atomic mass is 10.0. The highest BCUT2D eigenvalue weighted by molar-refractivity contribution is 6.07. The highest BCUT2D eigenvalue weighted by Gasteiger charge is 2.08. The van der Waals surface area contributed by atoms with Gasteiger partial charge in [0.05, 0.1) is 0 Å². The first-order valence-electron chi connectivity index (χ1n) is 6.34. The fraction of sp³-hybridized carbons (Fsp3) is 0.118. The average molecular weight is 288 g/mol. The van der Waals surface area contributed by atoms with Gasteiger partial charge in [-0.15, -0.1) is 0 Å². The Labute approximate surface area is 121 Å². The van der Waals surface area contributed by atoms with Crippen molar-refractivity contribution in [2.24, 2.45) is 0 Å². The van der Waals surface area contributed by atoms with Crippen molar-refractivity contribution < 1.29 is 18.3 Å². The molecule has 0 saturated carbocycles. The van der Waals surface area contributed by atoms with Gasteiger partial charge in [-0.2, -0.15) is 0 Å². The third kappa shape index (κ3) is 3.75. The van der Waals surface area contributed by atoms with Crippen LogP contribution in [-0.2, 0) is 6.61 Å². The first kappa shape index (κ1) is 14.9. The van der Waals surface area contributed by atoms with Crippen molar-refractivity contribution in [3.8, 4) is 5.75 Å². The Morgan fingerprint density at radius 1 is 1.14 bits per heavy atom. The Kier molecular flexibility index (Phi) is 4.48. The third-order valence-corrected chi connectivity index (χ3v) is 2.89. The summed E-state index contributed by atoms with van der Waals surface area (Å²) in [5, 5.41) is 0. The van der Waals surface area contributed by atoms with Crippen molar-refractivity contribution in [2.75, 3.05) is 0 Å². The molecule has 0 fully saturated rings. The van der Waals surface area contributed by atoms with Crippen molar-refractivity contribution >= 4 is 5.78 Å². The van der Waals surface area contributed by atoms with Crippen molar-refractivity contribution in [3.63, 3.8) is 0 Å². The van der Waals surface area contributed by atoms with Gasteiger partial charge in [-0.3, -0.25) is 4.79 Å². The number of carbonyl (C=O) groups is 1. The molecule has 0 bridgehead atoms. The van der Waals surface area contributed by atoms with Gasteiger partial charge >= 0.3 is 0 Å². The normalized spacial score (nSPS) is 10.2. The monoisotopic (exact) mass is 288 g/mol. The molecule has 0 aliphatic carbocycles. The van der Waals surface area contributed by atoms with Crippen LogP contribution in [0.4, 0.5) is 8.78 Å². The van der Waals surface area contributed by atoms with E-state index in [1.54, 1.807) is 31.2 Å². The highest BCUT2D eigenvalue weighted by atomic mass is 19.1. The summed E-state index contributed by atoms with van der Waals surface area (Å²) in [5.41, 5.74) is 1.74. The van der Waals surface area contributed by atoms with Crippen molar-refractivity contribution in [3.05, 3.63) is 77.4 Å². The van der Waals surface area contributed by atoms with Gasteiger partial charge in [-0.1, -0.05) is 30.8 Å². The molecule has 2 aromatic rings. The summed E-state index contributed by atoms with van der Waals surface area (Å²) < 4.78 is 31.6. The number of hydrogen-bond donors (Lipinski definition) is 0. The molecule has 0 aliphatic heterocycles. The summed E-state index contributed by atoms with van der Waals surface area (Å²) in [6.07, 6.45) is 0. The second-order valence-corrected chi connectivity index (χ2v) is 4.67. The number of ketones is 1. The van der Waals surface area contributed by atoms with E-state index in [0.29, 0.717) is 11.1 Å². The molecule has 0 radical (unpaired) electrons. The minimum Gasteiger partial charge on any atom is -0.486 e. The third-order valence-electron chi connectivity index (χ3n) is 2.89. The van der Waals surface area contributed by atoms with Crippen LogP contribution in [0.2, 0.25) is 0 Å². The van der Waals surface area contributed by atoms with Gasteiger partial charge in [0.2, 0.25) is 0 Å². The van der Waals surface area contributed by atoms with Gasteiger partial charge in [0.15, 0.2) is 17.3 Å². The van der Waals surface area contributed by atoms with E-state index in [4.69, 9.17) is 4.74 Å². The number of Topliss-reactive ketones (excluding diaryl/α,β-unsaturated/α-hetero) is 1. The second kappa shape index (κ2) is 6.31. The summed E-state index contributed by atoms with van der Waals surface area (Å²) in [7, 11) is 0. The SMILES string of the molecule is C=C(C)C(=O)c1ccc(COc2cc(F)ccc2F)cc1. The summed E-state index contributed by atoms with van der Waals surface area (Å²) in [6.45, 7) is 5.33. The second-order valence-electron chi connectivity index (χ2n) is 4.67. The van der Waals surface area contributed by atoms with Crippen molar-refractivity contribution in [1.29, 1.82) is 0 Å². The molecule has 2 aromatic carbocycles. The number of hydrogen-bond acceptors (Lipinski definition) is 2. The van der Waals surface area contributed by atoms with Gasteiger partial charge in [0, 0.05) is 11.6 Å². The van der Waals surface area contributed by atoms with Crippen LogP contribution in [0.1, 0.15) is 22.8 Å². The van der Waals surface area contributed by atoms with E-state index in [0.717, 1.165) is 23.8 Å². The minimum atomic E-state index is -0.620. The fourth-order valence-corrected chi connectivity index (χ4v) is 1.75. The van der Waals surface area contributed by atoms with E-state index in [1.165, 1.54) is 0 Å². The molecule has 2 rings (SSSR count). The number of carbonyl (C=O) groups excluding carboxylic acids is 1. The van der Waals surface area contributed by atoms with E-state index in [9.17, 15) is 13.6 Å². The van der Waals surface area contributed by atoms with E-state index in [1.807, 2.05) is 0 Å². The van der Waals surface area contributed by atoms with E-state index in [-0.39, 0.29) is 18.1 Å². The number of ether oxygens (including phenoxy) is 1. The number of halogens is 2. The molecule has 0 unspecified atom stereocenters. The van der Waals surface area contributed by atoms with Crippen LogP contribution in [0.5, 0.6) is 5.75 Å². The van der Waals surface area contributed by atoms with Crippen LogP contribution in [0.15, 0.2) is 54.6 Å². The van der Waals surface area contributed by atoms with Crippen LogP contribution in [0, 0.1) is 11.6 Å². The predicted molar refractivity (Wildman–Crippen MR) is 76.3 cm³/mol. The van der Waals surface area contributed by atoms with Crippen molar-refractivity contribution in [1.82, 2.24) is 0 Å². The van der Waals surface area contributed by atoms with Gasteiger partial charge in [-0.25, -0.2) is 8.78 Å². The zero-order chi connectivity index (χ0) is 15.4. The lowest BCUT2D eigenvalue weighted by Crippen LogP contribution is -2.01. The molecule has 2 nitrogen and oxygen atoms in total. The summed E-state index contributed by atoms with van der Waals surface area (Å²) in [6, 6.07) is 9.74. The molecule has 0 atom stereocenters. The largest absolute Gasteiger partial charge is 0.486 e. The Hall–Kier alpha value is -2.49. The quantitative estimate of drug-likeness (QED) is 0.605. The van der Waals surface area contributed by atoms with Crippen LogP contribution < -0.4 is 4.74 Å². The lowest BCUT2D eigenvalue weighted by molar-refractivity contribution is 0.103. The fourth-order valence-electron chi connectivity index (χ4n) is 1.75. The molecule has 0 amide bonds. The summed E-state index contributed by atoms with van der Waals surface area (Å²) in [4.78, 5) is 11.7. The molecule has 108 valence electrons. The van der Waals surface area contributed by atoms with Crippen LogP contribution in [-0.4, -0.2) is 5.78 Å². The van der Waals surface area contributed by atoms with Crippen LogP contribution in [0.25, 0.3) is 0 Å². The molecule has 0 aromatic heterocycles. The lowest BCUT2D eigenvalue weighted by Gasteiger charge is -2.08. The molecule has 21 heavy (non-hydrogen) atoms. The maximum atomic E-state index is 13.4. The topological polar surface area (TPSA) is 26.3 Å². The van der Waals surface area contributed by atoms with E-state index in [2.05, 4.69) is 6.58 Å². The average Bonchev–Trinajstić information content (AvgIpc) is 2.48. The van der Waals surface area contributed by atoms with Crippen molar-refractivity contribution in [2.45, 2.75) is 13.5 Å². The molecule has 0 N–H and O–H groups in total. The first-order chi connectivity index (χ1) is 9.97. The Balaban J connectivity index is 2.06. The summed E-state index contributed by atoms with van der Waals surface area (Å²) >= 11 is 0. The molecule has 4 heteroatoms. The standard InChI is InChI=1S/C17H14F2O2/c1-11(2)17(20)13-5-3-12(4-6-13)10-21-16-9-14(18)7-8-15(16)19/h3-9H,1,10H2,2H3. The first-order valence-corrected chi connectivity index (χ1v) is 6.34.